The Morgan fingerprint density at radius 2 is 2.03 bits per heavy atom. The van der Waals surface area contributed by atoms with E-state index in [1.165, 1.54) is 12.1 Å². The zero-order valence-electron chi connectivity index (χ0n) is 15.1. The summed E-state index contributed by atoms with van der Waals surface area (Å²) in [6.45, 7) is -0.501. The molecule has 0 aliphatic rings. The molecule has 0 bridgehead atoms. The summed E-state index contributed by atoms with van der Waals surface area (Å²) in [5.74, 6) is -1.14. The molecule has 150 valence electrons. The molecule has 10 heteroatoms. The Hall–Kier alpha value is -3.04. The van der Waals surface area contributed by atoms with E-state index in [4.69, 9.17) is 16.3 Å². The summed E-state index contributed by atoms with van der Waals surface area (Å²) >= 11 is 7.50. The second-order valence-corrected chi connectivity index (χ2v) is 7.58. The fourth-order valence-electron chi connectivity index (χ4n) is 2.54. The normalized spacial score (nSPS) is 10.7. The van der Waals surface area contributed by atoms with Crippen molar-refractivity contribution in [1.29, 1.82) is 0 Å². The van der Waals surface area contributed by atoms with Crippen LogP contribution < -0.4 is 5.32 Å². The number of hydrogen-bond acceptors (Lipinski definition) is 7. The number of carbonyl (C=O) groups is 2. The van der Waals surface area contributed by atoms with Crippen LogP contribution in [0.5, 0.6) is 0 Å². The lowest BCUT2D eigenvalue weighted by Crippen LogP contribution is -2.21. The number of aromatic nitrogens is 1. The largest absolute Gasteiger partial charge is 0.456 e. The molecule has 1 amide bonds. The van der Waals surface area contributed by atoms with E-state index in [2.05, 4.69) is 10.3 Å². The van der Waals surface area contributed by atoms with Crippen molar-refractivity contribution in [1.82, 2.24) is 4.98 Å². The van der Waals surface area contributed by atoms with Crippen molar-refractivity contribution in [3.05, 3.63) is 62.6 Å². The molecule has 1 N–H and O–H groups in total. The van der Waals surface area contributed by atoms with Crippen molar-refractivity contribution >= 4 is 56.4 Å². The summed E-state index contributed by atoms with van der Waals surface area (Å²) in [6.07, 6.45) is 1.35. The van der Waals surface area contributed by atoms with Gasteiger partial charge in [-0.05, 0) is 31.0 Å². The molecular formula is C19H16ClN3O5S. The highest BCUT2D eigenvalue weighted by Gasteiger charge is 2.14. The Bertz CT molecular complexity index is 1040. The Balaban J connectivity index is 1.42. The number of esters is 1. The number of hydrogen-bond donors (Lipinski definition) is 1. The Morgan fingerprint density at radius 3 is 2.79 bits per heavy atom. The number of thiazole rings is 1. The van der Waals surface area contributed by atoms with Gasteiger partial charge in [0.2, 0.25) is 0 Å². The molecule has 0 aliphatic heterocycles. The number of fused-ring (bicyclic) bond motifs is 1. The number of ether oxygens (including phenoxy) is 1. The molecule has 3 aromatic rings. The third-order valence-corrected chi connectivity index (χ3v) is 5.33. The predicted octanol–water partition coefficient (Wildman–Crippen LogP) is 4.36. The molecule has 0 fully saturated rings. The quantitative estimate of drug-likeness (QED) is 0.321. The molecule has 8 nitrogen and oxygen atoms in total. The van der Waals surface area contributed by atoms with Gasteiger partial charge >= 0.3 is 5.97 Å². The molecule has 3 rings (SSSR count). The minimum absolute atomic E-state index is 0.0813. The van der Waals surface area contributed by atoms with Crippen LogP contribution in [0.25, 0.3) is 10.2 Å². The van der Waals surface area contributed by atoms with Crippen molar-refractivity contribution < 1.29 is 19.2 Å². The van der Waals surface area contributed by atoms with Crippen molar-refractivity contribution in [3.8, 4) is 0 Å². The number of nitrogens with zero attached hydrogens (tertiary/aromatic N) is 2. The van der Waals surface area contributed by atoms with Crippen molar-refractivity contribution in [2.75, 3.05) is 11.9 Å². The Labute approximate surface area is 174 Å². The van der Waals surface area contributed by atoms with E-state index in [0.29, 0.717) is 12.8 Å². The van der Waals surface area contributed by atoms with Gasteiger partial charge in [-0.15, -0.1) is 11.3 Å². The number of nitro groups is 1. The van der Waals surface area contributed by atoms with E-state index in [9.17, 15) is 19.7 Å². The molecular weight excluding hydrogens is 418 g/mol. The van der Waals surface area contributed by atoms with Gasteiger partial charge in [0.15, 0.2) is 6.61 Å². The van der Waals surface area contributed by atoms with Crippen LogP contribution >= 0.6 is 22.9 Å². The number of non-ortho nitro benzene ring substituents is 1. The molecule has 0 saturated heterocycles. The van der Waals surface area contributed by atoms with Gasteiger partial charge in [0.05, 0.1) is 30.9 Å². The number of benzene rings is 2. The molecule has 0 unspecified atom stereocenters. The van der Waals surface area contributed by atoms with E-state index in [0.717, 1.165) is 21.3 Å². The summed E-state index contributed by atoms with van der Waals surface area (Å²) in [6, 6.07) is 11.5. The number of amides is 1. The van der Waals surface area contributed by atoms with Gasteiger partial charge in [-0.3, -0.25) is 19.7 Å². The Kier molecular flexibility index (Phi) is 6.73. The molecule has 0 saturated carbocycles. The monoisotopic (exact) mass is 433 g/mol. The standard InChI is InChI=1S/C19H16ClN3O5S/c20-13-9-8-12(23(26)27)10-15(13)21-17(24)11-28-19(25)7-3-6-18-22-14-4-1-2-5-16(14)29-18/h1-2,4-5,8-10H,3,6-7,11H2,(H,21,24). The number of aryl methyl sites for hydroxylation is 1. The lowest BCUT2D eigenvalue weighted by Gasteiger charge is -2.08. The van der Waals surface area contributed by atoms with Crippen molar-refractivity contribution in [2.24, 2.45) is 0 Å². The second-order valence-electron chi connectivity index (χ2n) is 6.06. The first-order valence-corrected chi connectivity index (χ1v) is 9.85. The molecule has 29 heavy (non-hydrogen) atoms. The van der Waals surface area contributed by atoms with Gasteiger partial charge in [0.1, 0.15) is 0 Å². The number of nitro benzene ring substituents is 1. The first-order valence-electron chi connectivity index (χ1n) is 8.66. The van der Waals surface area contributed by atoms with Gasteiger partial charge in [0, 0.05) is 18.6 Å². The first kappa shape index (κ1) is 20.7. The predicted molar refractivity (Wildman–Crippen MR) is 110 cm³/mol. The second kappa shape index (κ2) is 9.44. The van der Waals surface area contributed by atoms with Crippen LogP contribution in [0.2, 0.25) is 5.02 Å². The maximum atomic E-state index is 11.9. The van der Waals surface area contributed by atoms with Crippen LogP contribution in [-0.4, -0.2) is 28.4 Å². The van der Waals surface area contributed by atoms with E-state index in [1.54, 1.807) is 11.3 Å². The fourth-order valence-corrected chi connectivity index (χ4v) is 3.71. The average molecular weight is 434 g/mol. The minimum Gasteiger partial charge on any atom is -0.456 e. The van der Waals surface area contributed by atoms with Gasteiger partial charge in [0.25, 0.3) is 11.6 Å². The van der Waals surface area contributed by atoms with Gasteiger partial charge < -0.3 is 10.1 Å². The minimum atomic E-state index is -0.632. The van der Waals surface area contributed by atoms with E-state index >= 15 is 0 Å². The SMILES string of the molecule is O=C(COC(=O)CCCc1nc2ccccc2s1)Nc1cc([N+](=O)[O-])ccc1Cl. The van der Waals surface area contributed by atoms with Crippen LogP contribution in [0.15, 0.2) is 42.5 Å². The fraction of sp³-hybridized carbons (Fsp3) is 0.211. The summed E-state index contributed by atoms with van der Waals surface area (Å²) < 4.78 is 6.04. The number of carbonyl (C=O) groups excluding carboxylic acids is 2. The number of halogens is 1. The zero-order chi connectivity index (χ0) is 20.8. The molecule has 1 aromatic heterocycles. The summed E-state index contributed by atoms with van der Waals surface area (Å²) in [7, 11) is 0. The van der Waals surface area contributed by atoms with Gasteiger partial charge in [-0.2, -0.15) is 0 Å². The van der Waals surface area contributed by atoms with Crippen LogP contribution in [0.3, 0.4) is 0 Å². The molecule has 0 spiro atoms. The highest BCUT2D eigenvalue weighted by molar-refractivity contribution is 7.18. The van der Waals surface area contributed by atoms with Crippen LogP contribution in [0.1, 0.15) is 17.8 Å². The maximum Gasteiger partial charge on any atom is 0.306 e. The highest BCUT2D eigenvalue weighted by atomic mass is 35.5. The number of nitrogens with one attached hydrogen (secondary N) is 1. The zero-order valence-corrected chi connectivity index (χ0v) is 16.7. The van der Waals surface area contributed by atoms with Crippen molar-refractivity contribution in [2.45, 2.75) is 19.3 Å². The van der Waals surface area contributed by atoms with E-state index in [1.807, 2.05) is 24.3 Å². The van der Waals surface area contributed by atoms with E-state index < -0.39 is 23.4 Å². The highest BCUT2D eigenvalue weighted by Crippen LogP contribution is 2.26. The molecule has 0 aliphatic carbocycles. The van der Waals surface area contributed by atoms with Crippen LogP contribution in [0, 0.1) is 10.1 Å². The molecule has 1 heterocycles. The lowest BCUT2D eigenvalue weighted by molar-refractivity contribution is -0.384. The summed E-state index contributed by atoms with van der Waals surface area (Å²) in [5, 5.41) is 14.3. The summed E-state index contributed by atoms with van der Waals surface area (Å²) in [4.78, 5) is 38.5. The van der Waals surface area contributed by atoms with Crippen molar-refractivity contribution in [3.63, 3.8) is 0 Å². The average Bonchev–Trinajstić information content (AvgIpc) is 3.10. The first-order chi connectivity index (χ1) is 13.9. The molecule has 2 aromatic carbocycles. The van der Waals surface area contributed by atoms with Gasteiger partial charge in [-0.1, -0.05) is 23.7 Å². The van der Waals surface area contributed by atoms with E-state index in [-0.39, 0.29) is 22.8 Å². The topological polar surface area (TPSA) is 111 Å². The smallest absolute Gasteiger partial charge is 0.306 e. The number of anilines is 1. The Morgan fingerprint density at radius 1 is 1.24 bits per heavy atom. The molecule has 0 radical (unpaired) electrons. The third-order valence-electron chi connectivity index (χ3n) is 3.91. The maximum absolute atomic E-state index is 11.9. The summed E-state index contributed by atoms with van der Waals surface area (Å²) in [5.41, 5.74) is 0.806. The molecule has 0 atom stereocenters. The third kappa shape index (κ3) is 5.72. The van der Waals surface area contributed by atoms with Crippen LogP contribution in [0.4, 0.5) is 11.4 Å². The number of para-hydroxylation sites is 1. The van der Waals surface area contributed by atoms with Crippen LogP contribution in [-0.2, 0) is 20.7 Å². The van der Waals surface area contributed by atoms with Gasteiger partial charge in [-0.25, -0.2) is 4.98 Å². The lowest BCUT2D eigenvalue weighted by atomic mass is 10.2. The number of rotatable bonds is 8.